The van der Waals surface area contributed by atoms with Crippen LogP contribution < -0.4 is 15.6 Å². The van der Waals surface area contributed by atoms with Crippen molar-refractivity contribution in [2.45, 2.75) is 38.4 Å². The zero-order valence-corrected chi connectivity index (χ0v) is 16.7. The fourth-order valence-corrected chi connectivity index (χ4v) is 4.67. The molecule has 0 spiro atoms. The molecule has 0 radical (unpaired) electrons. The van der Waals surface area contributed by atoms with Gasteiger partial charge in [0.15, 0.2) is 0 Å². The van der Waals surface area contributed by atoms with E-state index in [4.69, 9.17) is 9.72 Å². The molecule has 2 saturated heterocycles. The molecule has 2 aliphatic rings. The number of hydrogen-bond donors (Lipinski definition) is 1. The Bertz CT molecular complexity index is 1080. The second-order valence-corrected chi connectivity index (χ2v) is 7.92. The van der Waals surface area contributed by atoms with E-state index < -0.39 is 0 Å². The molecule has 3 aromatic rings. The third-order valence-corrected chi connectivity index (χ3v) is 5.91. The summed E-state index contributed by atoms with van der Waals surface area (Å²) in [6.45, 7) is 5.13. The van der Waals surface area contributed by atoms with Crippen molar-refractivity contribution in [2.24, 2.45) is 0 Å². The van der Waals surface area contributed by atoms with E-state index in [-0.39, 0.29) is 5.56 Å². The average Bonchev–Trinajstić information content (AvgIpc) is 3.07. The molecule has 150 valence electrons. The van der Waals surface area contributed by atoms with Crippen molar-refractivity contribution >= 4 is 10.9 Å². The van der Waals surface area contributed by atoms with Gasteiger partial charge in [0.05, 0.1) is 29.7 Å². The summed E-state index contributed by atoms with van der Waals surface area (Å²) >= 11 is 0. The quantitative estimate of drug-likeness (QED) is 0.726. The van der Waals surface area contributed by atoms with E-state index in [1.807, 2.05) is 55.5 Å². The van der Waals surface area contributed by atoms with Gasteiger partial charge >= 0.3 is 0 Å². The second-order valence-electron chi connectivity index (χ2n) is 7.92. The minimum Gasteiger partial charge on any atom is -0.492 e. The smallest absolute Gasteiger partial charge is 0.266 e. The Labute approximate surface area is 170 Å². The number of hydrogen-bond acceptors (Lipinski definition) is 5. The standard InChI is InChI=1S/C23H26N4O2/c1-2-29-21-10-6-5-9-20(21)27-22(15-26-13-16-11-12-17(14-26)24-16)25-19-8-4-3-7-18(19)23(27)28/h3-10,16-17,24H,2,11-15H2,1H3/t16-,17+. The summed E-state index contributed by atoms with van der Waals surface area (Å²) in [6.07, 6.45) is 2.46. The van der Waals surface area contributed by atoms with Gasteiger partial charge in [0.25, 0.3) is 5.56 Å². The molecule has 0 amide bonds. The molecule has 29 heavy (non-hydrogen) atoms. The molecular formula is C23H26N4O2. The van der Waals surface area contributed by atoms with Gasteiger partial charge in [-0.25, -0.2) is 4.98 Å². The molecule has 3 heterocycles. The summed E-state index contributed by atoms with van der Waals surface area (Å²) in [4.78, 5) is 20.9. The van der Waals surface area contributed by atoms with Crippen molar-refractivity contribution in [3.8, 4) is 11.4 Å². The number of ether oxygens (including phenoxy) is 1. The van der Waals surface area contributed by atoms with Crippen LogP contribution >= 0.6 is 0 Å². The topological polar surface area (TPSA) is 59.4 Å². The van der Waals surface area contributed by atoms with Crippen LogP contribution in [-0.4, -0.2) is 46.2 Å². The van der Waals surface area contributed by atoms with E-state index in [2.05, 4.69) is 10.2 Å². The van der Waals surface area contributed by atoms with Crippen LogP contribution in [0.2, 0.25) is 0 Å². The normalized spacial score (nSPS) is 21.6. The van der Waals surface area contributed by atoms with Crippen LogP contribution in [0.3, 0.4) is 0 Å². The minimum atomic E-state index is -0.0455. The van der Waals surface area contributed by atoms with Crippen LogP contribution in [0.4, 0.5) is 0 Å². The predicted octanol–water partition coefficient (Wildman–Crippen LogP) is 2.72. The molecule has 1 N–H and O–H groups in total. The fourth-order valence-electron chi connectivity index (χ4n) is 4.67. The third-order valence-electron chi connectivity index (χ3n) is 5.91. The van der Waals surface area contributed by atoms with Gasteiger partial charge in [0.2, 0.25) is 0 Å². The highest BCUT2D eigenvalue weighted by atomic mass is 16.5. The van der Waals surface area contributed by atoms with Crippen LogP contribution in [0.25, 0.3) is 16.6 Å². The number of para-hydroxylation sites is 3. The second kappa shape index (κ2) is 7.61. The van der Waals surface area contributed by atoms with Gasteiger partial charge < -0.3 is 10.1 Å². The molecule has 2 aromatic carbocycles. The van der Waals surface area contributed by atoms with Crippen LogP contribution in [0.5, 0.6) is 5.75 Å². The van der Waals surface area contributed by atoms with Crippen LogP contribution in [0, 0.1) is 0 Å². The van der Waals surface area contributed by atoms with Gasteiger partial charge in [-0.05, 0) is 44.0 Å². The number of aromatic nitrogens is 2. The molecular weight excluding hydrogens is 364 g/mol. The van der Waals surface area contributed by atoms with Crippen molar-refractivity contribution in [3.63, 3.8) is 0 Å². The molecule has 2 aliphatic heterocycles. The van der Waals surface area contributed by atoms with Gasteiger partial charge in [0, 0.05) is 25.2 Å². The first-order chi connectivity index (χ1) is 14.2. The van der Waals surface area contributed by atoms with Crippen molar-refractivity contribution in [2.75, 3.05) is 19.7 Å². The molecule has 2 bridgehead atoms. The molecule has 2 fully saturated rings. The lowest BCUT2D eigenvalue weighted by molar-refractivity contribution is 0.183. The average molecular weight is 390 g/mol. The number of fused-ring (bicyclic) bond motifs is 3. The van der Waals surface area contributed by atoms with E-state index in [0.717, 1.165) is 30.1 Å². The third kappa shape index (κ3) is 3.43. The van der Waals surface area contributed by atoms with Crippen molar-refractivity contribution in [1.29, 1.82) is 0 Å². The van der Waals surface area contributed by atoms with Crippen molar-refractivity contribution in [3.05, 3.63) is 64.7 Å². The fraction of sp³-hybridized carbons (Fsp3) is 0.391. The molecule has 1 aromatic heterocycles. The van der Waals surface area contributed by atoms with E-state index in [1.54, 1.807) is 4.57 Å². The van der Waals surface area contributed by atoms with Gasteiger partial charge in [-0.1, -0.05) is 24.3 Å². The highest BCUT2D eigenvalue weighted by Gasteiger charge is 2.32. The zero-order chi connectivity index (χ0) is 19.8. The largest absolute Gasteiger partial charge is 0.492 e. The number of nitrogens with one attached hydrogen (secondary N) is 1. The number of piperazine rings is 1. The Hall–Kier alpha value is -2.70. The summed E-state index contributed by atoms with van der Waals surface area (Å²) < 4.78 is 7.58. The molecule has 0 unspecified atom stereocenters. The Morgan fingerprint density at radius 1 is 1.07 bits per heavy atom. The van der Waals surface area contributed by atoms with Crippen LogP contribution in [-0.2, 0) is 6.54 Å². The van der Waals surface area contributed by atoms with E-state index in [0.29, 0.717) is 36.4 Å². The first-order valence-corrected chi connectivity index (χ1v) is 10.4. The molecule has 0 saturated carbocycles. The molecule has 6 heteroatoms. The summed E-state index contributed by atoms with van der Waals surface area (Å²) in [5.41, 5.74) is 1.46. The Morgan fingerprint density at radius 3 is 2.59 bits per heavy atom. The lowest BCUT2D eigenvalue weighted by atomic mass is 10.2. The number of likely N-dealkylation sites (tertiary alicyclic amines) is 1. The van der Waals surface area contributed by atoms with Gasteiger partial charge in [-0.15, -0.1) is 0 Å². The monoisotopic (exact) mass is 390 g/mol. The first kappa shape index (κ1) is 18.3. The Kier molecular flexibility index (Phi) is 4.81. The summed E-state index contributed by atoms with van der Waals surface area (Å²) in [5.74, 6) is 1.47. The highest BCUT2D eigenvalue weighted by molar-refractivity contribution is 5.78. The van der Waals surface area contributed by atoms with Gasteiger partial charge in [-0.2, -0.15) is 0 Å². The number of nitrogens with zero attached hydrogens (tertiary/aromatic N) is 3. The van der Waals surface area contributed by atoms with E-state index >= 15 is 0 Å². The van der Waals surface area contributed by atoms with E-state index in [1.165, 1.54) is 12.8 Å². The lowest BCUT2D eigenvalue weighted by Gasteiger charge is -2.33. The number of benzene rings is 2. The Morgan fingerprint density at radius 2 is 1.79 bits per heavy atom. The lowest BCUT2D eigenvalue weighted by Crippen LogP contribution is -2.51. The predicted molar refractivity (Wildman–Crippen MR) is 114 cm³/mol. The number of rotatable bonds is 5. The maximum absolute atomic E-state index is 13.5. The van der Waals surface area contributed by atoms with E-state index in [9.17, 15) is 4.79 Å². The summed E-state index contributed by atoms with van der Waals surface area (Å²) in [5, 5.41) is 4.30. The molecule has 5 rings (SSSR count). The van der Waals surface area contributed by atoms with Gasteiger partial charge in [0.1, 0.15) is 11.6 Å². The van der Waals surface area contributed by atoms with Crippen molar-refractivity contribution < 1.29 is 4.74 Å². The van der Waals surface area contributed by atoms with Crippen LogP contribution in [0.15, 0.2) is 53.3 Å². The molecule has 6 nitrogen and oxygen atoms in total. The minimum absolute atomic E-state index is 0.0455. The zero-order valence-electron chi connectivity index (χ0n) is 16.7. The van der Waals surface area contributed by atoms with Gasteiger partial charge in [-0.3, -0.25) is 14.3 Å². The van der Waals surface area contributed by atoms with Crippen molar-refractivity contribution in [1.82, 2.24) is 19.8 Å². The maximum atomic E-state index is 13.5. The maximum Gasteiger partial charge on any atom is 0.266 e. The van der Waals surface area contributed by atoms with Crippen LogP contribution in [0.1, 0.15) is 25.6 Å². The molecule has 2 atom stereocenters. The SMILES string of the molecule is CCOc1ccccc1-n1c(CN2C[C@H]3CC[C@@H](C2)N3)nc2ccccc2c1=O. The summed E-state index contributed by atoms with van der Waals surface area (Å²) in [6, 6.07) is 16.4. The first-order valence-electron chi connectivity index (χ1n) is 10.4. The highest BCUT2D eigenvalue weighted by Crippen LogP contribution is 2.25. The summed E-state index contributed by atoms with van der Waals surface area (Å²) in [7, 11) is 0. The Balaban J connectivity index is 1.64. The molecule has 0 aliphatic carbocycles.